The lowest BCUT2D eigenvalue weighted by molar-refractivity contribution is -0.123. The zero-order chi connectivity index (χ0) is 14.5. The van der Waals surface area contributed by atoms with Crippen LogP contribution in [0.25, 0.3) is 0 Å². The fourth-order valence-corrected chi connectivity index (χ4v) is 2.40. The second-order valence-corrected chi connectivity index (χ2v) is 4.74. The molecule has 20 heavy (non-hydrogen) atoms. The van der Waals surface area contributed by atoms with E-state index < -0.39 is 5.91 Å². The average Bonchev–Trinajstić information content (AvgIpc) is 2.87. The number of rotatable bonds is 4. The Bertz CT molecular complexity index is 565. The van der Waals surface area contributed by atoms with Crippen LogP contribution in [-0.4, -0.2) is 35.8 Å². The van der Waals surface area contributed by atoms with Crippen LogP contribution in [0.4, 0.5) is 5.69 Å². The topological polar surface area (TPSA) is 99.2 Å². The number of carbonyl (C=O) groups excluding carboxylic acids is 2. The van der Waals surface area contributed by atoms with Gasteiger partial charge in [-0.2, -0.15) is 5.26 Å². The van der Waals surface area contributed by atoms with Gasteiger partial charge in [0.15, 0.2) is 0 Å². The van der Waals surface area contributed by atoms with E-state index in [0.29, 0.717) is 24.2 Å². The van der Waals surface area contributed by atoms with Crippen LogP contribution in [0.3, 0.4) is 0 Å². The minimum Gasteiger partial charge on any atom is -0.368 e. The number of nitrogens with zero attached hydrogens (tertiary/aromatic N) is 2. The maximum atomic E-state index is 12.0. The number of nitriles is 1. The summed E-state index contributed by atoms with van der Waals surface area (Å²) in [5.41, 5.74) is 6.20. The molecule has 1 unspecified atom stereocenters. The molecular weight excluding hydrogens is 256 g/mol. The van der Waals surface area contributed by atoms with E-state index in [2.05, 4.69) is 5.32 Å². The van der Waals surface area contributed by atoms with Gasteiger partial charge in [0.2, 0.25) is 11.8 Å². The number of hydrogen-bond donors (Lipinski definition) is 2. The standard InChI is InChI=1S/C14H16N4O2/c15-8-10-4-1-2-5-11(10)17-13(19)9-18-7-3-6-12(18)14(16)20/h1-2,4-5,12H,3,6-7,9H2,(H2,16,20)(H,17,19). The maximum Gasteiger partial charge on any atom is 0.238 e. The number of primary amides is 1. The lowest BCUT2D eigenvalue weighted by Crippen LogP contribution is -2.43. The van der Waals surface area contributed by atoms with Crippen molar-refractivity contribution in [1.82, 2.24) is 4.90 Å². The molecule has 2 rings (SSSR count). The second kappa shape index (κ2) is 6.17. The summed E-state index contributed by atoms with van der Waals surface area (Å²) in [5.74, 6) is -0.645. The summed E-state index contributed by atoms with van der Waals surface area (Å²) in [6.07, 6.45) is 1.55. The highest BCUT2D eigenvalue weighted by atomic mass is 16.2. The molecule has 1 aromatic rings. The summed E-state index contributed by atoms with van der Waals surface area (Å²) in [6.45, 7) is 0.786. The zero-order valence-electron chi connectivity index (χ0n) is 11.0. The van der Waals surface area contributed by atoms with E-state index in [0.717, 1.165) is 6.42 Å². The largest absolute Gasteiger partial charge is 0.368 e. The molecule has 1 fully saturated rings. The second-order valence-electron chi connectivity index (χ2n) is 4.74. The highest BCUT2D eigenvalue weighted by molar-refractivity contribution is 5.94. The summed E-state index contributed by atoms with van der Waals surface area (Å²) in [4.78, 5) is 25.0. The quantitative estimate of drug-likeness (QED) is 0.831. The molecule has 1 atom stereocenters. The molecule has 0 aromatic heterocycles. The van der Waals surface area contributed by atoms with Gasteiger partial charge in [0, 0.05) is 0 Å². The van der Waals surface area contributed by atoms with E-state index in [1.165, 1.54) is 0 Å². The molecule has 0 saturated carbocycles. The summed E-state index contributed by atoms with van der Waals surface area (Å²) in [5, 5.41) is 11.7. The number of carbonyl (C=O) groups is 2. The fraction of sp³-hybridized carbons (Fsp3) is 0.357. The highest BCUT2D eigenvalue weighted by Gasteiger charge is 2.30. The average molecular weight is 272 g/mol. The van der Waals surface area contributed by atoms with Gasteiger partial charge in [0.1, 0.15) is 6.07 Å². The van der Waals surface area contributed by atoms with Gasteiger partial charge in [-0.15, -0.1) is 0 Å². The fourth-order valence-electron chi connectivity index (χ4n) is 2.40. The molecule has 1 saturated heterocycles. The van der Waals surface area contributed by atoms with Crippen LogP contribution in [-0.2, 0) is 9.59 Å². The Morgan fingerprint density at radius 3 is 2.90 bits per heavy atom. The molecule has 2 amide bonds. The van der Waals surface area contributed by atoms with Crippen molar-refractivity contribution in [2.75, 3.05) is 18.4 Å². The normalized spacial score (nSPS) is 18.4. The van der Waals surface area contributed by atoms with Crippen LogP contribution in [0.15, 0.2) is 24.3 Å². The number of benzene rings is 1. The van der Waals surface area contributed by atoms with Crippen molar-refractivity contribution in [3.8, 4) is 6.07 Å². The van der Waals surface area contributed by atoms with Gasteiger partial charge < -0.3 is 11.1 Å². The van der Waals surface area contributed by atoms with Crippen LogP contribution in [0, 0.1) is 11.3 Å². The van der Waals surface area contributed by atoms with Gasteiger partial charge in [-0.1, -0.05) is 12.1 Å². The van der Waals surface area contributed by atoms with Crippen molar-refractivity contribution in [2.45, 2.75) is 18.9 Å². The molecule has 1 aliphatic heterocycles. The van der Waals surface area contributed by atoms with Crippen LogP contribution in [0.5, 0.6) is 0 Å². The molecule has 1 aliphatic rings. The van der Waals surface area contributed by atoms with Gasteiger partial charge in [0.25, 0.3) is 0 Å². The predicted molar refractivity (Wildman–Crippen MR) is 73.6 cm³/mol. The van der Waals surface area contributed by atoms with Crippen molar-refractivity contribution in [3.05, 3.63) is 29.8 Å². The minimum atomic E-state index is -0.396. The van der Waals surface area contributed by atoms with E-state index in [4.69, 9.17) is 11.0 Å². The molecule has 0 radical (unpaired) electrons. The number of hydrogen-bond acceptors (Lipinski definition) is 4. The molecular formula is C14H16N4O2. The number of likely N-dealkylation sites (tertiary alicyclic amines) is 1. The van der Waals surface area contributed by atoms with Crippen molar-refractivity contribution in [3.63, 3.8) is 0 Å². The van der Waals surface area contributed by atoms with E-state index in [1.54, 1.807) is 29.2 Å². The summed E-state index contributed by atoms with van der Waals surface area (Å²) >= 11 is 0. The van der Waals surface area contributed by atoms with E-state index >= 15 is 0 Å². The van der Waals surface area contributed by atoms with E-state index in [-0.39, 0.29) is 18.5 Å². The van der Waals surface area contributed by atoms with Crippen molar-refractivity contribution in [1.29, 1.82) is 5.26 Å². The number of nitrogens with one attached hydrogen (secondary N) is 1. The zero-order valence-corrected chi connectivity index (χ0v) is 11.0. The Balaban J connectivity index is 1.99. The molecule has 3 N–H and O–H groups in total. The first-order valence-electron chi connectivity index (χ1n) is 6.44. The third-order valence-electron chi connectivity index (χ3n) is 3.36. The highest BCUT2D eigenvalue weighted by Crippen LogP contribution is 2.17. The first-order chi connectivity index (χ1) is 9.61. The summed E-state index contributed by atoms with van der Waals surface area (Å²) in [7, 11) is 0. The van der Waals surface area contributed by atoms with E-state index in [9.17, 15) is 9.59 Å². The first kappa shape index (κ1) is 14.0. The smallest absolute Gasteiger partial charge is 0.238 e. The Hall–Kier alpha value is -2.39. The number of nitrogens with two attached hydrogens (primary N) is 1. The molecule has 1 heterocycles. The molecule has 1 aromatic carbocycles. The maximum absolute atomic E-state index is 12.0. The van der Waals surface area contributed by atoms with Crippen molar-refractivity contribution >= 4 is 17.5 Å². The third kappa shape index (κ3) is 3.13. The van der Waals surface area contributed by atoms with Crippen LogP contribution in [0.2, 0.25) is 0 Å². The molecule has 0 aliphatic carbocycles. The number of amides is 2. The summed E-state index contributed by atoms with van der Waals surface area (Å²) in [6, 6.07) is 8.44. The molecule has 6 nitrogen and oxygen atoms in total. The Labute approximate surface area is 117 Å². The van der Waals surface area contributed by atoms with E-state index in [1.807, 2.05) is 6.07 Å². The third-order valence-corrected chi connectivity index (χ3v) is 3.36. The Kier molecular flexibility index (Phi) is 4.33. The Morgan fingerprint density at radius 1 is 1.45 bits per heavy atom. The van der Waals surface area contributed by atoms with Gasteiger partial charge in [-0.25, -0.2) is 0 Å². The molecule has 0 spiro atoms. The molecule has 6 heteroatoms. The van der Waals surface area contributed by atoms with Gasteiger partial charge >= 0.3 is 0 Å². The number of para-hydroxylation sites is 1. The monoisotopic (exact) mass is 272 g/mol. The lowest BCUT2D eigenvalue weighted by Gasteiger charge is -2.21. The molecule has 0 bridgehead atoms. The van der Waals surface area contributed by atoms with Gasteiger partial charge in [-0.3, -0.25) is 14.5 Å². The molecule has 104 valence electrons. The van der Waals surface area contributed by atoms with Crippen LogP contribution < -0.4 is 11.1 Å². The minimum absolute atomic E-state index is 0.105. The van der Waals surface area contributed by atoms with Crippen molar-refractivity contribution in [2.24, 2.45) is 5.73 Å². The SMILES string of the molecule is N#Cc1ccccc1NC(=O)CN1CCCC1C(N)=O. The van der Waals surface area contributed by atoms with Crippen LogP contribution in [0.1, 0.15) is 18.4 Å². The lowest BCUT2D eigenvalue weighted by atomic mass is 10.2. The van der Waals surface area contributed by atoms with Gasteiger partial charge in [-0.05, 0) is 31.5 Å². The summed E-state index contributed by atoms with van der Waals surface area (Å²) < 4.78 is 0. The van der Waals surface area contributed by atoms with Crippen LogP contribution >= 0.6 is 0 Å². The Morgan fingerprint density at radius 2 is 2.20 bits per heavy atom. The first-order valence-corrected chi connectivity index (χ1v) is 6.44. The predicted octanol–water partition coefficient (Wildman–Crippen LogP) is 0.446. The van der Waals surface area contributed by atoms with Crippen molar-refractivity contribution < 1.29 is 9.59 Å². The van der Waals surface area contributed by atoms with Gasteiger partial charge in [0.05, 0.1) is 23.8 Å². The number of anilines is 1.